The van der Waals surface area contributed by atoms with Gasteiger partial charge in [-0.2, -0.15) is 0 Å². The first-order chi connectivity index (χ1) is 6.60. The molecule has 0 bridgehead atoms. The van der Waals surface area contributed by atoms with Crippen molar-refractivity contribution in [1.82, 2.24) is 4.98 Å². The maximum atomic E-state index is 12.5. The van der Waals surface area contributed by atoms with E-state index < -0.39 is 18.6 Å². The predicted octanol–water partition coefficient (Wildman–Crippen LogP) is 1.70. The zero-order valence-corrected chi connectivity index (χ0v) is 8.64. The average molecular weight is 268 g/mol. The van der Waals surface area contributed by atoms with Gasteiger partial charge in [0.2, 0.25) is 5.56 Å². The second kappa shape index (κ2) is 4.65. The number of hydrogen-bond donors (Lipinski definition) is 2. The molecule has 0 aliphatic rings. The van der Waals surface area contributed by atoms with Gasteiger partial charge in [-0.3, -0.25) is 4.79 Å². The van der Waals surface area contributed by atoms with Crippen LogP contribution in [0.3, 0.4) is 0 Å². The van der Waals surface area contributed by atoms with Crippen molar-refractivity contribution in [2.45, 2.75) is 18.4 Å². The Bertz CT molecular complexity index is 378. The molecule has 1 heterocycles. The highest BCUT2D eigenvalue weighted by molar-refractivity contribution is 9.08. The first kappa shape index (κ1) is 11.3. The highest BCUT2D eigenvalue weighted by Crippen LogP contribution is 2.24. The van der Waals surface area contributed by atoms with Crippen LogP contribution in [-0.4, -0.2) is 10.1 Å². The van der Waals surface area contributed by atoms with Gasteiger partial charge in [0.05, 0.1) is 6.61 Å². The molecule has 0 fully saturated rings. The van der Waals surface area contributed by atoms with Gasteiger partial charge in [0.25, 0.3) is 6.43 Å². The van der Waals surface area contributed by atoms with Gasteiger partial charge >= 0.3 is 0 Å². The Balaban J connectivity index is 3.39. The lowest BCUT2D eigenvalue weighted by atomic mass is 10.1. The second-order valence-corrected chi connectivity index (χ2v) is 3.20. The first-order valence-electron chi connectivity index (χ1n) is 3.80. The van der Waals surface area contributed by atoms with Crippen LogP contribution < -0.4 is 5.56 Å². The minimum atomic E-state index is -2.71. The van der Waals surface area contributed by atoms with Crippen LogP contribution in [0, 0.1) is 0 Å². The van der Waals surface area contributed by atoms with Crippen LogP contribution >= 0.6 is 15.9 Å². The molecule has 0 saturated carbocycles. The van der Waals surface area contributed by atoms with Crippen LogP contribution in [-0.2, 0) is 11.9 Å². The number of rotatable bonds is 3. The third-order valence-corrected chi connectivity index (χ3v) is 2.36. The van der Waals surface area contributed by atoms with Crippen molar-refractivity contribution in [3.05, 3.63) is 33.2 Å². The van der Waals surface area contributed by atoms with Crippen LogP contribution in [0.15, 0.2) is 10.9 Å². The Morgan fingerprint density at radius 3 is 2.64 bits per heavy atom. The summed E-state index contributed by atoms with van der Waals surface area (Å²) in [6, 6.07) is 0.848. The average Bonchev–Trinajstić information content (AvgIpc) is 2.16. The number of aromatic amines is 1. The fourth-order valence-corrected chi connectivity index (χ4v) is 1.81. The van der Waals surface area contributed by atoms with Crippen LogP contribution in [0.4, 0.5) is 8.78 Å². The molecule has 0 atom stereocenters. The lowest BCUT2D eigenvalue weighted by Crippen LogP contribution is -2.13. The lowest BCUT2D eigenvalue weighted by Gasteiger charge is -2.09. The fraction of sp³-hybridized carbons (Fsp3) is 0.375. The summed E-state index contributed by atoms with van der Waals surface area (Å²) >= 11 is 3.03. The highest BCUT2D eigenvalue weighted by Gasteiger charge is 2.16. The van der Waals surface area contributed by atoms with E-state index in [2.05, 4.69) is 20.9 Å². The smallest absolute Gasteiger partial charge is 0.264 e. The molecular formula is C8H8BrF2NO2. The molecule has 3 nitrogen and oxygen atoms in total. The standard InChI is InChI=1S/C8H8BrF2NO2/c9-2-5-4(8(10)11)1-7(14)12-6(5)3-13/h1,8,13H,2-3H2,(H,12,14). The minimum absolute atomic E-state index is 0.129. The number of hydrogen-bond acceptors (Lipinski definition) is 2. The summed E-state index contributed by atoms with van der Waals surface area (Å²) < 4.78 is 24.9. The van der Waals surface area contributed by atoms with E-state index in [9.17, 15) is 13.6 Å². The molecule has 0 spiro atoms. The molecule has 0 aliphatic heterocycles. The van der Waals surface area contributed by atoms with Crippen molar-refractivity contribution in [2.24, 2.45) is 0 Å². The molecule has 6 heteroatoms. The zero-order chi connectivity index (χ0) is 10.7. The molecule has 0 amide bonds. The molecule has 0 unspecified atom stereocenters. The number of alkyl halides is 3. The molecule has 0 saturated heterocycles. The Morgan fingerprint density at radius 1 is 1.57 bits per heavy atom. The Kier molecular flexibility index (Phi) is 3.77. The van der Waals surface area contributed by atoms with Crippen molar-refractivity contribution in [3.8, 4) is 0 Å². The summed E-state index contributed by atoms with van der Waals surface area (Å²) in [6.07, 6.45) is -2.71. The van der Waals surface area contributed by atoms with E-state index >= 15 is 0 Å². The molecule has 2 N–H and O–H groups in total. The van der Waals surface area contributed by atoms with E-state index in [4.69, 9.17) is 5.11 Å². The number of halogens is 3. The molecule has 0 aromatic carbocycles. The number of H-pyrrole nitrogens is 1. The Labute approximate surface area is 86.9 Å². The molecular weight excluding hydrogens is 260 g/mol. The number of aromatic nitrogens is 1. The van der Waals surface area contributed by atoms with Crippen molar-refractivity contribution < 1.29 is 13.9 Å². The maximum Gasteiger partial charge on any atom is 0.264 e. The molecule has 1 aromatic rings. The molecule has 0 radical (unpaired) electrons. The topological polar surface area (TPSA) is 53.1 Å². The van der Waals surface area contributed by atoms with E-state index in [1.54, 1.807) is 0 Å². The molecule has 1 rings (SSSR count). The second-order valence-electron chi connectivity index (χ2n) is 2.64. The predicted molar refractivity (Wildman–Crippen MR) is 50.6 cm³/mol. The number of aliphatic hydroxyl groups is 1. The SMILES string of the molecule is O=c1cc(C(F)F)c(CBr)c(CO)[nH]1. The van der Waals surface area contributed by atoms with Crippen molar-refractivity contribution >= 4 is 15.9 Å². The first-order valence-corrected chi connectivity index (χ1v) is 4.92. The van der Waals surface area contributed by atoms with Crippen LogP contribution in [0.5, 0.6) is 0 Å². The minimum Gasteiger partial charge on any atom is -0.390 e. The van der Waals surface area contributed by atoms with E-state index in [-0.39, 0.29) is 22.2 Å². The van der Waals surface area contributed by atoms with Crippen molar-refractivity contribution in [1.29, 1.82) is 0 Å². The van der Waals surface area contributed by atoms with E-state index in [1.807, 2.05) is 0 Å². The molecule has 14 heavy (non-hydrogen) atoms. The summed E-state index contributed by atoms with van der Waals surface area (Å²) in [5, 5.41) is 9.01. The van der Waals surface area contributed by atoms with Crippen LogP contribution in [0.25, 0.3) is 0 Å². The summed E-state index contributed by atoms with van der Waals surface area (Å²) in [6.45, 7) is -0.462. The lowest BCUT2D eigenvalue weighted by molar-refractivity contribution is 0.149. The van der Waals surface area contributed by atoms with Gasteiger partial charge < -0.3 is 10.1 Å². The van der Waals surface area contributed by atoms with Crippen molar-refractivity contribution in [2.75, 3.05) is 0 Å². The van der Waals surface area contributed by atoms with Crippen molar-refractivity contribution in [3.63, 3.8) is 0 Å². The Morgan fingerprint density at radius 2 is 2.21 bits per heavy atom. The van der Waals surface area contributed by atoms with Gasteiger partial charge in [0.1, 0.15) is 0 Å². The van der Waals surface area contributed by atoms with E-state index in [0.29, 0.717) is 0 Å². The van der Waals surface area contributed by atoms with Crippen LogP contribution in [0.1, 0.15) is 23.2 Å². The summed E-state index contributed by atoms with van der Waals surface area (Å²) in [5.41, 5.74) is -0.601. The highest BCUT2D eigenvalue weighted by atomic mass is 79.9. The largest absolute Gasteiger partial charge is 0.390 e. The van der Waals surface area contributed by atoms with Gasteiger partial charge in [-0.05, 0) is 5.56 Å². The Hall–Kier alpha value is -0.750. The fourth-order valence-electron chi connectivity index (χ4n) is 1.15. The quantitative estimate of drug-likeness (QED) is 0.820. The van der Waals surface area contributed by atoms with E-state index in [1.165, 1.54) is 0 Å². The van der Waals surface area contributed by atoms with Gasteiger partial charge in [0, 0.05) is 22.7 Å². The van der Waals surface area contributed by atoms with Gasteiger partial charge in [-0.25, -0.2) is 8.78 Å². The van der Waals surface area contributed by atoms with Gasteiger partial charge in [-0.15, -0.1) is 0 Å². The van der Waals surface area contributed by atoms with Gasteiger partial charge in [-0.1, -0.05) is 15.9 Å². The summed E-state index contributed by atoms with van der Waals surface area (Å²) in [5.74, 6) is 0. The summed E-state index contributed by atoms with van der Waals surface area (Å²) in [4.78, 5) is 13.2. The summed E-state index contributed by atoms with van der Waals surface area (Å²) in [7, 11) is 0. The van der Waals surface area contributed by atoms with Gasteiger partial charge in [0.15, 0.2) is 0 Å². The molecule has 0 aliphatic carbocycles. The normalized spacial score (nSPS) is 10.9. The zero-order valence-electron chi connectivity index (χ0n) is 7.06. The van der Waals surface area contributed by atoms with E-state index in [0.717, 1.165) is 6.07 Å². The number of pyridine rings is 1. The third-order valence-electron chi connectivity index (χ3n) is 1.80. The number of aliphatic hydroxyl groups excluding tert-OH is 1. The molecule has 1 aromatic heterocycles. The number of nitrogens with one attached hydrogen (secondary N) is 1. The molecule has 78 valence electrons. The maximum absolute atomic E-state index is 12.5. The van der Waals surface area contributed by atoms with Crippen LogP contribution in [0.2, 0.25) is 0 Å². The monoisotopic (exact) mass is 267 g/mol. The third kappa shape index (κ3) is 2.19.